The van der Waals surface area contributed by atoms with Crippen LogP contribution in [-0.4, -0.2) is 16.8 Å². The summed E-state index contributed by atoms with van der Waals surface area (Å²) in [6.07, 6.45) is -4.08. The highest BCUT2D eigenvalue weighted by Crippen LogP contribution is 2.29. The van der Waals surface area contributed by atoms with E-state index in [1.165, 1.54) is 0 Å². The molecule has 0 heterocycles. The molecule has 0 aliphatic heterocycles. The van der Waals surface area contributed by atoms with Crippen LogP contribution in [0, 0.1) is 0 Å². The summed E-state index contributed by atoms with van der Waals surface area (Å²) < 4.78 is 41.1. The molecule has 78 valence electrons. The Bertz CT molecular complexity index is 300. The Hall–Kier alpha value is -1.10. The molecule has 14 heavy (non-hydrogen) atoms. The number of aromatic hydroxyl groups is 1. The van der Waals surface area contributed by atoms with E-state index in [0.29, 0.717) is 0 Å². The van der Waals surface area contributed by atoms with Crippen LogP contribution in [0.3, 0.4) is 0 Å². The lowest BCUT2D eigenvalue weighted by Gasteiger charge is -2.17. The molecule has 0 bridgehead atoms. The normalized spacial score (nSPS) is 13.7. The molecular weight excluding hydrogens is 221 g/mol. The molecule has 1 aromatic rings. The van der Waals surface area contributed by atoms with Gasteiger partial charge in [0.25, 0.3) is 5.63 Å². The Morgan fingerprint density at radius 3 is 2.21 bits per heavy atom. The van der Waals surface area contributed by atoms with Crippen LogP contribution < -0.4 is 4.74 Å². The first-order chi connectivity index (χ1) is 6.42. The third-order valence-electron chi connectivity index (χ3n) is 1.34. The Labute approximate surface area is 82.9 Å². The predicted octanol–water partition coefficient (Wildman–Crippen LogP) is 2.90. The third-order valence-corrected chi connectivity index (χ3v) is 1.60. The van der Waals surface area contributed by atoms with Crippen molar-refractivity contribution in [2.24, 2.45) is 0 Å². The Kier molecular flexibility index (Phi) is 3.10. The van der Waals surface area contributed by atoms with Crippen LogP contribution in [0.1, 0.15) is 0 Å². The lowest BCUT2D eigenvalue weighted by Crippen LogP contribution is -2.32. The first kappa shape index (κ1) is 11.0. The molecule has 2 nitrogen and oxygen atoms in total. The molecule has 0 aromatic heterocycles. The average molecular weight is 227 g/mol. The maximum Gasteiger partial charge on any atom is 0.444 e. The molecule has 0 fully saturated rings. The number of ether oxygens (including phenoxy) is 1. The highest BCUT2D eigenvalue weighted by Gasteiger charge is 2.42. The van der Waals surface area contributed by atoms with Gasteiger partial charge in [-0.15, -0.1) is 0 Å². The van der Waals surface area contributed by atoms with Crippen molar-refractivity contribution in [3.8, 4) is 11.5 Å². The van der Waals surface area contributed by atoms with Crippen LogP contribution in [0.4, 0.5) is 13.2 Å². The maximum atomic E-state index is 12.5. The van der Waals surface area contributed by atoms with Crippen LogP contribution in [0.15, 0.2) is 24.3 Å². The van der Waals surface area contributed by atoms with Crippen LogP contribution in [-0.2, 0) is 0 Å². The lowest BCUT2D eigenvalue weighted by molar-refractivity contribution is -0.199. The van der Waals surface area contributed by atoms with Crippen molar-refractivity contribution in [2.45, 2.75) is 11.7 Å². The van der Waals surface area contributed by atoms with Crippen molar-refractivity contribution in [3.63, 3.8) is 0 Å². The molecule has 6 heteroatoms. The highest BCUT2D eigenvalue weighted by molar-refractivity contribution is 6.20. The van der Waals surface area contributed by atoms with E-state index < -0.39 is 11.7 Å². The molecule has 0 spiro atoms. The molecule has 0 saturated heterocycles. The molecular formula is C8H6ClF3O2. The van der Waals surface area contributed by atoms with E-state index in [2.05, 4.69) is 16.3 Å². The van der Waals surface area contributed by atoms with Crippen molar-refractivity contribution >= 4 is 11.6 Å². The van der Waals surface area contributed by atoms with E-state index in [1.54, 1.807) is 0 Å². The molecule has 1 aromatic carbocycles. The van der Waals surface area contributed by atoms with Gasteiger partial charge in [0, 0.05) is 0 Å². The first-order valence-corrected chi connectivity index (χ1v) is 3.99. The van der Waals surface area contributed by atoms with Crippen LogP contribution >= 0.6 is 11.6 Å². The van der Waals surface area contributed by atoms with E-state index in [9.17, 15) is 13.2 Å². The van der Waals surface area contributed by atoms with E-state index >= 15 is 0 Å². The fraction of sp³-hybridized carbons (Fsp3) is 0.250. The minimum Gasteiger partial charge on any atom is -0.508 e. The van der Waals surface area contributed by atoms with Crippen molar-refractivity contribution in [1.82, 2.24) is 0 Å². The molecule has 0 amide bonds. The zero-order valence-electron chi connectivity index (χ0n) is 6.75. The number of phenols is 1. The van der Waals surface area contributed by atoms with Gasteiger partial charge in [0.15, 0.2) is 0 Å². The monoisotopic (exact) mass is 226 g/mol. The SMILES string of the molecule is Oc1ccc(OC(F)(F)C(F)Cl)cc1. The molecule has 1 rings (SSSR count). The average Bonchev–Trinajstić information content (AvgIpc) is 2.08. The summed E-state index contributed by atoms with van der Waals surface area (Å²) in [7, 11) is 0. The van der Waals surface area contributed by atoms with Crippen LogP contribution in [0.2, 0.25) is 0 Å². The topological polar surface area (TPSA) is 29.5 Å². The van der Waals surface area contributed by atoms with E-state index in [0.717, 1.165) is 24.3 Å². The largest absolute Gasteiger partial charge is 0.508 e. The fourth-order valence-electron chi connectivity index (χ4n) is 0.716. The molecule has 0 aliphatic rings. The van der Waals surface area contributed by atoms with Crippen molar-refractivity contribution in [2.75, 3.05) is 0 Å². The Morgan fingerprint density at radius 1 is 1.29 bits per heavy atom. The third kappa shape index (κ3) is 2.70. The summed E-state index contributed by atoms with van der Waals surface area (Å²) in [5, 5.41) is 8.82. The summed E-state index contributed by atoms with van der Waals surface area (Å²) in [5.41, 5.74) is -2.92. The van der Waals surface area contributed by atoms with Crippen LogP contribution in [0.5, 0.6) is 11.5 Å². The summed E-state index contributed by atoms with van der Waals surface area (Å²) in [6.45, 7) is 0. The van der Waals surface area contributed by atoms with Gasteiger partial charge < -0.3 is 9.84 Å². The van der Waals surface area contributed by atoms with E-state index in [-0.39, 0.29) is 11.5 Å². The van der Waals surface area contributed by atoms with E-state index in [1.807, 2.05) is 0 Å². The van der Waals surface area contributed by atoms with Gasteiger partial charge in [0.2, 0.25) is 0 Å². The summed E-state index contributed by atoms with van der Waals surface area (Å²) in [4.78, 5) is 0. The highest BCUT2D eigenvalue weighted by atomic mass is 35.5. The first-order valence-electron chi connectivity index (χ1n) is 3.56. The fourth-order valence-corrected chi connectivity index (χ4v) is 0.760. The predicted molar refractivity (Wildman–Crippen MR) is 44.4 cm³/mol. The Balaban J connectivity index is 2.74. The second-order valence-corrected chi connectivity index (χ2v) is 2.84. The van der Waals surface area contributed by atoms with Gasteiger partial charge in [-0.3, -0.25) is 0 Å². The number of halogens is 4. The maximum absolute atomic E-state index is 12.5. The van der Waals surface area contributed by atoms with Gasteiger partial charge in [-0.2, -0.15) is 8.78 Å². The molecule has 1 atom stereocenters. The number of hydrogen-bond acceptors (Lipinski definition) is 2. The minimum absolute atomic E-state index is 0.108. The van der Waals surface area contributed by atoms with Gasteiger partial charge in [0.1, 0.15) is 11.5 Å². The number of hydrogen-bond donors (Lipinski definition) is 1. The van der Waals surface area contributed by atoms with Gasteiger partial charge >= 0.3 is 6.11 Å². The summed E-state index contributed by atoms with van der Waals surface area (Å²) in [5.74, 6) is -0.389. The zero-order chi connectivity index (χ0) is 10.8. The zero-order valence-corrected chi connectivity index (χ0v) is 7.51. The van der Waals surface area contributed by atoms with Crippen molar-refractivity contribution in [3.05, 3.63) is 24.3 Å². The number of benzene rings is 1. The minimum atomic E-state index is -4.08. The molecule has 1 N–H and O–H groups in total. The lowest BCUT2D eigenvalue weighted by atomic mass is 10.3. The molecule has 0 radical (unpaired) electrons. The van der Waals surface area contributed by atoms with Gasteiger partial charge in [-0.1, -0.05) is 11.6 Å². The number of rotatable bonds is 3. The Morgan fingerprint density at radius 2 is 1.79 bits per heavy atom. The van der Waals surface area contributed by atoms with Crippen molar-refractivity contribution < 1.29 is 23.0 Å². The second kappa shape index (κ2) is 3.96. The quantitative estimate of drug-likeness (QED) is 0.803. The summed E-state index contributed by atoms with van der Waals surface area (Å²) in [6, 6.07) is 4.41. The van der Waals surface area contributed by atoms with Gasteiger partial charge in [0.05, 0.1) is 0 Å². The van der Waals surface area contributed by atoms with Gasteiger partial charge in [-0.25, -0.2) is 4.39 Å². The van der Waals surface area contributed by atoms with Crippen molar-refractivity contribution in [1.29, 1.82) is 0 Å². The molecule has 1 unspecified atom stereocenters. The number of alkyl halides is 4. The van der Waals surface area contributed by atoms with Crippen LogP contribution in [0.25, 0.3) is 0 Å². The molecule has 0 saturated carbocycles. The number of phenolic OH excluding ortho intramolecular Hbond substituents is 1. The smallest absolute Gasteiger partial charge is 0.444 e. The second-order valence-electron chi connectivity index (χ2n) is 2.46. The van der Waals surface area contributed by atoms with E-state index in [4.69, 9.17) is 5.11 Å². The summed E-state index contributed by atoms with van der Waals surface area (Å²) >= 11 is 4.56. The van der Waals surface area contributed by atoms with Gasteiger partial charge in [-0.05, 0) is 24.3 Å². The standard InChI is InChI=1S/C8H6ClF3O2/c9-7(10)8(11,12)14-6-3-1-5(13)2-4-6/h1-4,7,13H. The molecule has 0 aliphatic carbocycles.